The molecule has 3 aromatic carbocycles. The topological polar surface area (TPSA) is 61.8 Å². The monoisotopic (exact) mass is 468 g/mol. The minimum absolute atomic E-state index is 0.121. The first-order valence-corrected chi connectivity index (χ1v) is 10.2. The molecule has 0 aromatic heterocycles. The van der Waals surface area contributed by atoms with Crippen LogP contribution in [-0.2, 0) is 22.7 Å². The lowest BCUT2D eigenvalue weighted by molar-refractivity contribution is 0.0469. The van der Waals surface area contributed by atoms with Gasteiger partial charge in [-0.1, -0.05) is 40.2 Å². The van der Waals surface area contributed by atoms with Crippen molar-refractivity contribution in [1.29, 1.82) is 0 Å². The molecule has 30 heavy (non-hydrogen) atoms. The highest BCUT2D eigenvalue weighted by molar-refractivity contribution is 9.10. The summed E-state index contributed by atoms with van der Waals surface area (Å²) in [6.45, 7) is 2.61. The molecule has 0 saturated carbocycles. The minimum atomic E-state index is -0.412. The first-order chi connectivity index (χ1) is 14.5. The number of halogens is 1. The maximum Gasteiger partial charge on any atom is 0.338 e. The Hall–Kier alpha value is -3.12. The number of esters is 2. The number of ether oxygens (including phenoxy) is 3. The van der Waals surface area contributed by atoms with Crippen LogP contribution in [0.5, 0.6) is 5.75 Å². The summed E-state index contributed by atoms with van der Waals surface area (Å²) in [6.07, 6.45) is 0. The van der Waals surface area contributed by atoms with Gasteiger partial charge in [0.25, 0.3) is 0 Å². The van der Waals surface area contributed by atoms with Crippen molar-refractivity contribution in [3.63, 3.8) is 0 Å². The molecular weight excluding hydrogens is 448 g/mol. The first-order valence-electron chi connectivity index (χ1n) is 9.45. The van der Waals surface area contributed by atoms with Crippen molar-refractivity contribution < 1.29 is 23.8 Å². The third kappa shape index (κ3) is 6.19. The van der Waals surface area contributed by atoms with Gasteiger partial charge in [-0.05, 0) is 66.6 Å². The molecule has 0 bridgehead atoms. The SMILES string of the molecule is CCOC(=O)c1ccc(COC(=O)c2ccc(COc3ccc(Br)cc3)cc2)cc1. The van der Waals surface area contributed by atoms with Crippen LogP contribution in [0.15, 0.2) is 77.3 Å². The van der Waals surface area contributed by atoms with E-state index in [4.69, 9.17) is 14.2 Å². The molecule has 6 heteroatoms. The van der Waals surface area contributed by atoms with Crippen LogP contribution in [0.2, 0.25) is 0 Å². The molecule has 0 spiro atoms. The van der Waals surface area contributed by atoms with E-state index in [1.807, 2.05) is 36.4 Å². The van der Waals surface area contributed by atoms with E-state index in [2.05, 4.69) is 15.9 Å². The van der Waals surface area contributed by atoms with Gasteiger partial charge >= 0.3 is 11.9 Å². The maximum atomic E-state index is 12.3. The molecule has 0 aliphatic rings. The fraction of sp³-hybridized carbons (Fsp3) is 0.167. The van der Waals surface area contributed by atoms with Gasteiger partial charge in [-0.2, -0.15) is 0 Å². The van der Waals surface area contributed by atoms with Crippen LogP contribution in [0.4, 0.5) is 0 Å². The van der Waals surface area contributed by atoms with Gasteiger partial charge in [0, 0.05) is 4.47 Å². The third-order valence-electron chi connectivity index (χ3n) is 4.24. The van der Waals surface area contributed by atoms with Crippen molar-refractivity contribution >= 4 is 27.9 Å². The number of rotatable bonds is 8. The summed E-state index contributed by atoms with van der Waals surface area (Å²) < 4.78 is 17.0. The van der Waals surface area contributed by atoms with E-state index >= 15 is 0 Å². The second-order valence-electron chi connectivity index (χ2n) is 6.43. The average Bonchev–Trinajstić information content (AvgIpc) is 2.78. The molecule has 0 aliphatic carbocycles. The molecule has 0 atom stereocenters. The third-order valence-corrected chi connectivity index (χ3v) is 4.77. The summed E-state index contributed by atoms with van der Waals surface area (Å²) in [7, 11) is 0. The zero-order valence-electron chi connectivity index (χ0n) is 16.5. The molecule has 0 amide bonds. The predicted octanol–water partition coefficient (Wildman–Crippen LogP) is 5.56. The lowest BCUT2D eigenvalue weighted by Crippen LogP contribution is -2.07. The summed E-state index contributed by atoms with van der Waals surface area (Å²) in [5.41, 5.74) is 2.67. The molecule has 0 radical (unpaired) electrons. The van der Waals surface area contributed by atoms with Gasteiger partial charge in [0.1, 0.15) is 19.0 Å². The van der Waals surface area contributed by atoms with Crippen molar-refractivity contribution in [1.82, 2.24) is 0 Å². The van der Waals surface area contributed by atoms with E-state index in [-0.39, 0.29) is 12.6 Å². The van der Waals surface area contributed by atoms with Gasteiger partial charge in [-0.15, -0.1) is 0 Å². The summed E-state index contributed by atoms with van der Waals surface area (Å²) in [5.74, 6) is -0.00856. The van der Waals surface area contributed by atoms with Crippen molar-refractivity contribution in [2.45, 2.75) is 20.1 Å². The largest absolute Gasteiger partial charge is 0.489 e. The molecule has 0 aliphatic heterocycles. The highest BCUT2D eigenvalue weighted by Crippen LogP contribution is 2.18. The Morgan fingerprint density at radius 2 is 1.20 bits per heavy atom. The summed E-state index contributed by atoms with van der Waals surface area (Å²) in [5, 5.41) is 0. The summed E-state index contributed by atoms with van der Waals surface area (Å²) in [6, 6.07) is 21.5. The smallest absolute Gasteiger partial charge is 0.338 e. The zero-order valence-corrected chi connectivity index (χ0v) is 18.1. The van der Waals surface area contributed by atoms with Gasteiger partial charge < -0.3 is 14.2 Å². The Kier molecular flexibility index (Phi) is 7.63. The molecule has 3 rings (SSSR count). The first kappa shape index (κ1) is 21.6. The number of benzene rings is 3. The van der Waals surface area contributed by atoms with Gasteiger partial charge in [0.2, 0.25) is 0 Å². The quantitative estimate of drug-likeness (QED) is 0.404. The molecule has 0 fully saturated rings. The second-order valence-corrected chi connectivity index (χ2v) is 7.35. The average molecular weight is 469 g/mol. The molecule has 3 aromatic rings. The Balaban J connectivity index is 1.49. The van der Waals surface area contributed by atoms with E-state index in [1.54, 1.807) is 43.3 Å². The van der Waals surface area contributed by atoms with Crippen LogP contribution >= 0.6 is 15.9 Å². The van der Waals surface area contributed by atoms with E-state index in [0.29, 0.717) is 24.3 Å². The number of hydrogen-bond acceptors (Lipinski definition) is 5. The van der Waals surface area contributed by atoms with Crippen molar-refractivity contribution in [3.05, 3.63) is 99.5 Å². The van der Waals surface area contributed by atoms with Crippen LogP contribution in [0, 0.1) is 0 Å². The van der Waals surface area contributed by atoms with Gasteiger partial charge in [-0.3, -0.25) is 0 Å². The molecule has 0 heterocycles. The Morgan fingerprint density at radius 3 is 1.73 bits per heavy atom. The van der Waals surface area contributed by atoms with Crippen LogP contribution in [0.1, 0.15) is 38.8 Å². The normalized spacial score (nSPS) is 10.3. The molecule has 154 valence electrons. The second kappa shape index (κ2) is 10.6. The fourth-order valence-electron chi connectivity index (χ4n) is 2.62. The van der Waals surface area contributed by atoms with E-state index in [9.17, 15) is 9.59 Å². The highest BCUT2D eigenvalue weighted by Gasteiger charge is 2.09. The molecule has 0 saturated heterocycles. The van der Waals surface area contributed by atoms with Crippen LogP contribution in [-0.4, -0.2) is 18.5 Å². The van der Waals surface area contributed by atoms with Crippen molar-refractivity contribution in [2.75, 3.05) is 6.61 Å². The number of hydrogen-bond donors (Lipinski definition) is 0. The maximum absolute atomic E-state index is 12.3. The van der Waals surface area contributed by atoms with Gasteiger partial charge in [0.05, 0.1) is 17.7 Å². The predicted molar refractivity (Wildman–Crippen MR) is 116 cm³/mol. The number of carbonyl (C=O) groups is 2. The van der Waals surface area contributed by atoms with E-state index < -0.39 is 5.97 Å². The minimum Gasteiger partial charge on any atom is -0.489 e. The van der Waals surface area contributed by atoms with E-state index in [1.165, 1.54) is 0 Å². The lowest BCUT2D eigenvalue weighted by atomic mass is 10.1. The van der Waals surface area contributed by atoms with Gasteiger partial charge in [0.15, 0.2) is 0 Å². The standard InChI is InChI=1S/C24H21BrO5/c1-2-28-23(26)19-7-5-18(6-8-19)16-30-24(27)20-9-3-17(4-10-20)15-29-22-13-11-21(25)12-14-22/h3-14H,2,15-16H2,1H3. The van der Waals surface area contributed by atoms with Crippen LogP contribution in [0.25, 0.3) is 0 Å². The van der Waals surface area contributed by atoms with Crippen molar-refractivity contribution in [2.24, 2.45) is 0 Å². The van der Waals surface area contributed by atoms with Crippen molar-refractivity contribution in [3.8, 4) is 5.75 Å². The summed E-state index contributed by atoms with van der Waals surface area (Å²) in [4.78, 5) is 23.9. The molecule has 0 unspecified atom stereocenters. The zero-order chi connectivity index (χ0) is 21.3. The summed E-state index contributed by atoms with van der Waals surface area (Å²) >= 11 is 3.39. The van der Waals surface area contributed by atoms with E-state index in [0.717, 1.165) is 21.3 Å². The highest BCUT2D eigenvalue weighted by atomic mass is 79.9. The lowest BCUT2D eigenvalue weighted by Gasteiger charge is -2.08. The molecular formula is C24H21BrO5. The Morgan fingerprint density at radius 1 is 0.700 bits per heavy atom. The molecule has 5 nitrogen and oxygen atoms in total. The van der Waals surface area contributed by atoms with Crippen LogP contribution < -0.4 is 4.74 Å². The van der Waals surface area contributed by atoms with Crippen LogP contribution in [0.3, 0.4) is 0 Å². The number of carbonyl (C=O) groups excluding carboxylic acids is 2. The fourth-order valence-corrected chi connectivity index (χ4v) is 2.88. The molecule has 0 N–H and O–H groups in total. The Labute approximate surface area is 183 Å². The Bertz CT molecular complexity index is 980. The van der Waals surface area contributed by atoms with Gasteiger partial charge in [-0.25, -0.2) is 9.59 Å².